The second-order valence-electron chi connectivity index (χ2n) is 4.04. The lowest BCUT2D eigenvalue weighted by Gasteiger charge is -2.10. The van der Waals surface area contributed by atoms with Gasteiger partial charge in [0.15, 0.2) is 0 Å². The summed E-state index contributed by atoms with van der Waals surface area (Å²) < 4.78 is 2.03. The smallest absolute Gasteiger partial charge is 0.110 e. The Labute approximate surface area is 106 Å². The van der Waals surface area contributed by atoms with Gasteiger partial charge in [0, 0.05) is 43.1 Å². The fourth-order valence-corrected chi connectivity index (χ4v) is 1.92. The van der Waals surface area contributed by atoms with Gasteiger partial charge in [0.05, 0.1) is 0 Å². The summed E-state index contributed by atoms with van der Waals surface area (Å²) in [5.74, 6) is 1.08. The van der Waals surface area contributed by atoms with Crippen LogP contribution in [-0.4, -0.2) is 16.1 Å². The van der Waals surface area contributed by atoms with Crippen LogP contribution in [0.2, 0.25) is 5.02 Å². The van der Waals surface area contributed by atoms with Crippen LogP contribution in [0.3, 0.4) is 0 Å². The quantitative estimate of drug-likeness (QED) is 0.903. The van der Waals surface area contributed by atoms with Crippen LogP contribution in [0.1, 0.15) is 11.4 Å². The molecular weight excluding hydrogens is 234 g/mol. The number of hydrogen-bond acceptors (Lipinski definition) is 2. The van der Waals surface area contributed by atoms with E-state index in [-0.39, 0.29) is 0 Å². The molecule has 1 heterocycles. The third kappa shape index (κ3) is 2.80. The average molecular weight is 250 g/mol. The summed E-state index contributed by atoms with van der Waals surface area (Å²) in [7, 11) is 2.01. The molecule has 0 amide bonds. The first-order valence-electron chi connectivity index (χ1n) is 5.63. The fraction of sp³-hybridized carbons (Fsp3) is 0.308. The molecule has 0 saturated carbocycles. The first kappa shape index (κ1) is 12.0. The van der Waals surface area contributed by atoms with Crippen LogP contribution in [0.25, 0.3) is 0 Å². The van der Waals surface area contributed by atoms with E-state index in [4.69, 9.17) is 11.6 Å². The Hall–Kier alpha value is -1.48. The Morgan fingerprint density at radius 3 is 2.94 bits per heavy atom. The van der Waals surface area contributed by atoms with E-state index in [1.165, 1.54) is 0 Å². The average Bonchev–Trinajstić information content (AvgIpc) is 2.71. The highest BCUT2D eigenvalue weighted by atomic mass is 35.5. The van der Waals surface area contributed by atoms with E-state index in [0.29, 0.717) is 0 Å². The molecule has 0 saturated heterocycles. The Bertz CT molecular complexity index is 505. The maximum Gasteiger partial charge on any atom is 0.110 e. The number of nitrogens with one attached hydrogen (secondary N) is 1. The fourth-order valence-electron chi connectivity index (χ4n) is 1.75. The van der Waals surface area contributed by atoms with Crippen molar-refractivity contribution < 1.29 is 0 Å². The summed E-state index contributed by atoms with van der Waals surface area (Å²) in [6.45, 7) is 2.87. The van der Waals surface area contributed by atoms with Crippen molar-refractivity contribution in [2.75, 3.05) is 11.9 Å². The van der Waals surface area contributed by atoms with Gasteiger partial charge in [0.25, 0.3) is 0 Å². The molecule has 0 fully saturated rings. The lowest BCUT2D eigenvalue weighted by Crippen LogP contribution is -2.09. The molecule has 0 radical (unpaired) electrons. The third-order valence-electron chi connectivity index (χ3n) is 2.85. The van der Waals surface area contributed by atoms with Crippen LogP contribution in [0.15, 0.2) is 30.6 Å². The summed E-state index contributed by atoms with van der Waals surface area (Å²) in [5, 5.41) is 4.18. The molecule has 0 aliphatic heterocycles. The van der Waals surface area contributed by atoms with Gasteiger partial charge in [0.1, 0.15) is 5.82 Å². The number of rotatable bonds is 4. The van der Waals surface area contributed by atoms with Gasteiger partial charge in [-0.3, -0.25) is 0 Å². The predicted octanol–water partition coefficient (Wildman–Crippen LogP) is 3.04. The van der Waals surface area contributed by atoms with Crippen LogP contribution < -0.4 is 5.32 Å². The van der Waals surface area contributed by atoms with Crippen molar-refractivity contribution in [3.8, 4) is 0 Å². The van der Waals surface area contributed by atoms with E-state index < -0.39 is 0 Å². The van der Waals surface area contributed by atoms with Gasteiger partial charge < -0.3 is 9.88 Å². The summed E-state index contributed by atoms with van der Waals surface area (Å²) >= 11 is 6.06. The van der Waals surface area contributed by atoms with E-state index in [1.807, 2.05) is 49.1 Å². The Morgan fingerprint density at radius 1 is 1.41 bits per heavy atom. The molecule has 1 aromatic carbocycles. The van der Waals surface area contributed by atoms with Gasteiger partial charge in [-0.2, -0.15) is 0 Å². The van der Waals surface area contributed by atoms with Crippen molar-refractivity contribution in [2.24, 2.45) is 7.05 Å². The summed E-state index contributed by atoms with van der Waals surface area (Å²) in [6, 6.07) is 5.90. The molecule has 0 atom stereocenters. The standard InChI is InChI=1S/C13H16ClN3/c1-10-11(14)4-3-5-12(10)15-7-6-13-16-8-9-17(13)2/h3-5,8-9,15H,6-7H2,1-2H3. The number of aryl methyl sites for hydroxylation is 1. The largest absolute Gasteiger partial charge is 0.384 e. The van der Waals surface area contributed by atoms with Gasteiger partial charge in [-0.1, -0.05) is 17.7 Å². The number of anilines is 1. The third-order valence-corrected chi connectivity index (χ3v) is 3.26. The first-order chi connectivity index (χ1) is 8.18. The monoisotopic (exact) mass is 249 g/mol. The zero-order chi connectivity index (χ0) is 12.3. The summed E-state index contributed by atoms with van der Waals surface area (Å²) in [4.78, 5) is 4.28. The summed E-state index contributed by atoms with van der Waals surface area (Å²) in [6.07, 6.45) is 4.68. The van der Waals surface area contributed by atoms with Crippen LogP contribution in [0.4, 0.5) is 5.69 Å². The molecule has 1 N–H and O–H groups in total. The highest BCUT2D eigenvalue weighted by molar-refractivity contribution is 6.31. The van der Waals surface area contributed by atoms with Crippen LogP contribution in [0.5, 0.6) is 0 Å². The van der Waals surface area contributed by atoms with E-state index in [1.54, 1.807) is 0 Å². The van der Waals surface area contributed by atoms with Gasteiger partial charge in [-0.25, -0.2) is 4.98 Å². The van der Waals surface area contributed by atoms with Crippen molar-refractivity contribution >= 4 is 17.3 Å². The Balaban J connectivity index is 1.95. The zero-order valence-electron chi connectivity index (χ0n) is 10.1. The number of halogens is 1. The van der Waals surface area contributed by atoms with Crippen LogP contribution in [0, 0.1) is 6.92 Å². The SMILES string of the molecule is Cc1c(Cl)cccc1NCCc1nccn1C. The molecule has 0 spiro atoms. The second-order valence-corrected chi connectivity index (χ2v) is 4.45. The van der Waals surface area contributed by atoms with Crippen molar-refractivity contribution in [2.45, 2.75) is 13.3 Å². The van der Waals surface area contributed by atoms with Gasteiger partial charge in [-0.15, -0.1) is 0 Å². The van der Waals surface area contributed by atoms with Crippen LogP contribution >= 0.6 is 11.6 Å². The molecule has 17 heavy (non-hydrogen) atoms. The van der Waals surface area contributed by atoms with Crippen molar-refractivity contribution in [3.05, 3.63) is 47.0 Å². The molecule has 4 heteroatoms. The molecule has 2 aromatic rings. The summed E-state index contributed by atoms with van der Waals surface area (Å²) in [5.41, 5.74) is 2.18. The van der Waals surface area contributed by atoms with Gasteiger partial charge in [-0.05, 0) is 24.6 Å². The van der Waals surface area contributed by atoms with Gasteiger partial charge >= 0.3 is 0 Å². The maximum atomic E-state index is 6.06. The normalized spacial score (nSPS) is 10.5. The highest BCUT2D eigenvalue weighted by Gasteiger charge is 2.02. The van der Waals surface area contributed by atoms with Crippen LogP contribution in [-0.2, 0) is 13.5 Å². The minimum absolute atomic E-state index is 0.798. The molecule has 3 nitrogen and oxygen atoms in total. The first-order valence-corrected chi connectivity index (χ1v) is 6.01. The number of benzene rings is 1. The van der Waals surface area contributed by atoms with E-state index in [0.717, 1.165) is 35.1 Å². The zero-order valence-corrected chi connectivity index (χ0v) is 10.8. The van der Waals surface area contributed by atoms with Crippen molar-refractivity contribution in [1.82, 2.24) is 9.55 Å². The minimum atomic E-state index is 0.798. The molecule has 90 valence electrons. The minimum Gasteiger partial charge on any atom is -0.384 e. The Kier molecular flexibility index (Phi) is 3.69. The van der Waals surface area contributed by atoms with E-state index >= 15 is 0 Å². The highest BCUT2D eigenvalue weighted by Crippen LogP contribution is 2.22. The molecule has 0 aliphatic carbocycles. The van der Waals surface area contributed by atoms with Gasteiger partial charge in [0.2, 0.25) is 0 Å². The number of hydrogen-bond donors (Lipinski definition) is 1. The maximum absolute atomic E-state index is 6.06. The molecule has 0 unspecified atom stereocenters. The number of imidazole rings is 1. The molecule has 0 aliphatic rings. The van der Waals surface area contributed by atoms with E-state index in [2.05, 4.69) is 10.3 Å². The van der Waals surface area contributed by atoms with Crippen molar-refractivity contribution in [1.29, 1.82) is 0 Å². The molecule has 2 rings (SSSR count). The topological polar surface area (TPSA) is 29.9 Å². The second kappa shape index (κ2) is 5.23. The lowest BCUT2D eigenvalue weighted by atomic mass is 10.2. The predicted molar refractivity (Wildman–Crippen MR) is 71.6 cm³/mol. The Morgan fingerprint density at radius 2 is 2.24 bits per heavy atom. The number of aromatic nitrogens is 2. The number of nitrogens with zero attached hydrogens (tertiary/aromatic N) is 2. The molecule has 0 bridgehead atoms. The molecule has 1 aromatic heterocycles. The van der Waals surface area contributed by atoms with Crippen molar-refractivity contribution in [3.63, 3.8) is 0 Å². The molecular formula is C13H16ClN3. The lowest BCUT2D eigenvalue weighted by molar-refractivity contribution is 0.789. The van der Waals surface area contributed by atoms with E-state index in [9.17, 15) is 0 Å².